The van der Waals surface area contributed by atoms with Crippen LogP contribution in [0.5, 0.6) is 0 Å². The average molecular weight is 359 g/mol. The molecule has 4 rings (SSSR count). The number of nitrogens with zero attached hydrogens (tertiary/aromatic N) is 8. The summed E-state index contributed by atoms with van der Waals surface area (Å²) < 4.78 is 3.96. The van der Waals surface area contributed by atoms with Crippen molar-refractivity contribution < 1.29 is 4.57 Å². The molecule has 0 saturated heterocycles. The molecular formula is C19H19N8+. The van der Waals surface area contributed by atoms with Gasteiger partial charge in [0.2, 0.25) is 0 Å². The summed E-state index contributed by atoms with van der Waals surface area (Å²) in [5.74, 6) is 0.739. The number of aliphatic imine (C=N–C) groups is 1. The van der Waals surface area contributed by atoms with Crippen LogP contribution in [-0.4, -0.2) is 37.9 Å². The Morgan fingerprint density at radius 3 is 2.67 bits per heavy atom. The molecule has 0 atom stereocenters. The van der Waals surface area contributed by atoms with Gasteiger partial charge < -0.3 is 0 Å². The smallest absolute Gasteiger partial charge is 0.284 e. The minimum Gasteiger partial charge on any atom is -0.284 e. The Balaban J connectivity index is 1.85. The predicted octanol–water partition coefficient (Wildman–Crippen LogP) is 2.14. The van der Waals surface area contributed by atoms with Crippen molar-refractivity contribution in [2.24, 2.45) is 12.0 Å². The maximum absolute atomic E-state index is 4.48. The molecule has 0 N–H and O–H groups in total. The van der Waals surface area contributed by atoms with Gasteiger partial charge in [-0.2, -0.15) is 0 Å². The summed E-state index contributed by atoms with van der Waals surface area (Å²) in [7, 11) is 3.69. The van der Waals surface area contributed by atoms with Gasteiger partial charge in [0.05, 0.1) is 31.0 Å². The van der Waals surface area contributed by atoms with Crippen molar-refractivity contribution in [2.75, 3.05) is 11.9 Å². The van der Waals surface area contributed by atoms with E-state index in [-0.39, 0.29) is 0 Å². The average Bonchev–Trinajstić information content (AvgIpc) is 3.04. The van der Waals surface area contributed by atoms with E-state index in [1.165, 1.54) is 0 Å². The lowest BCUT2D eigenvalue weighted by molar-refractivity contribution is -0.647. The van der Waals surface area contributed by atoms with Crippen LogP contribution in [0.1, 0.15) is 5.69 Å². The number of benzene rings is 1. The third-order valence-electron chi connectivity index (χ3n) is 4.21. The summed E-state index contributed by atoms with van der Waals surface area (Å²) in [6, 6.07) is 8.10. The second-order valence-corrected chi connectivity index (χ2v) is 6.03. The first-order chi connectivity index (χ1) is 13.2. The lowest BCUT2D eigenvalue weighted by Gasteiger charge is -2.20. The molecule has 0 amide bonds. The highest BCUT2D eigenvalue weighted by atomic mass is 15.2. The molecule has 8 nitrogen and oxygen atoms in total. The predicted molar refractivity (Wildman–Crippen MR) is 103 cm³/mol. The number of rotatable bonds is 4. The van der Waals surface area contributed by atoms with Crippen LogP contribution in [-0.2, 0) is 7.05 Å². The second kappa shape index (κ2) is 6.91. The molecule has 3 heterocycles. The number of imidazole rings is 1. The van der Waals surface area contributed by atoms with E-state index < -0.39 is 0 Å². The minimum absolute atomic E-state index is 0.739. The SMILES string of the molecule is C/N=C/N(c1cccc(-n2c[n+](C)c3nccnc32)c1)c1nccnc1C. The van der Waals surface area contributed by atoms with Crippen molar-refractivity contribution in [3.63, 3.8) is 0 Å². The summed E-state index contributed by atoms with van der Waals surface area (Å²) in [5.41, 5.74) is 4.33. The highest BCUT2D eigenvalue weighted by molar-refractivity contribution is 5.89. The summed E-state index contributed by atoms with van der Waals surface area (Å²) in [6.07, 6.45) is 10.5. The Morgan fingerprint density at radius 1 is 1.07 bits per heavy atom. The van der Waals surface area contributed by atoms with E-state index >= 15 is 0 Å². The van der Waals surface area contributed by atoms with Crippen LogP contribution < -0.4 is 9.47 Å². The fourth-order valence-corrected chi connectivity index (χ4v) is 3.00. The van der Waals surface area contributed by atoms with Crippen molar-refractivity contribution in [1.82, 2.24) is 24.5 Å². The third-order valence-corrected chi connectivity index (χ3v) is 4.21. The highest BCUT2D eigenvalue weighted by Gasteiger charge is 2.18. The van der Waals surface area contributed by atoms with Crippen LogP contribution in [0.25, 0.3) is 17.0 Å². The van der Waals surface area contributed by atoms with Crippen molar-refractivity contribution in [2.45, 2.75) is 6.92 Å². The van der Waals surface area contributed by atoms with Crippen molar-refractivity contribution >= 4 is 29.1 Å². The van der Waals surface area contributed by atoms with Crippen LogP contribution >= 0.6 is 0 Å². The maximum atomic E-state index is 4.48. The molecule has 4 aromatic rings. The molecule has 0 unspecified atom stereocenters. The van der Waals surface area contributed by atoms with Gasteiger partial charge in [0, 0.05) is 25.5 Å². The molecule has 1 aromatic carbocycles. The van der Waals surface area contributed by atoms with E-state index in [0.29, 0.717) is 0 Å². The highest BCUT2D eigenvalue weighted by Crippen LogP contribution is 2.26. The van der Waals surface area contributed by atoms with Crippen molar-refractivity contribution in [3.8, 4) is 5.69 Å². The molecule has 0 fully saturated rings. The number of aromatic nitrogens is 6. The van der Waals surface area contributed by atoms with Gasteiger partial charge in [-0.3, -0.25) is 14.9 Å². The summed E-state index contributed by atoms with van der Waals surface area (Å²) in [4.78, 5) is 23.8. The van der Waals surface area contributed by atoms with E-state index in [2.05, 4.69) is 31.0 Å². The number of fused-ring (bicyclic) bond motifs is 1. The summed E-state index contributed by atoms with van der Waals surface area (Å²) in [5, 5.41) is 0. The fraction of sp³-hybridized carbons (Fsp3) is 0.158. The summed E-state index contributed by atoms with van der Waals surface area (Å²) in [6.45, 7) is 1.93. The lowest BCUT2D eigenvalue weighted by atomic mass is 10.2. The van der Waals surface area contributed by atoms with E-state index in [1.54, 1.807) is 38.2 Å². The first-order valence-corrected chi connectivity index (χ1v) is 8.46. The second-order valence-electron chi connectivity index (χ2n) is 6.03. The van der Waals surface area contributed by atoms with Gasteiger partial charge in [-0.1, -0.05) is 6.07 Å². The topological polar surface area (TPSA) is 76.0 Å². The van der Waals surface area contributed by atoms with Gasteiger partial charge in [0.1, 0.15) is 11.9 Å². The largest absolute Gasteiger partial charge is 0.322 e. The molecule has 134 valence electrons. The standard InChI is InChI=1S/C19H19N8/c1-14-17(22-8-7-21-14)26(12-20-2)15-5-4-6-16(11-15)27-13-25(3)18-19(27)24-10-9-23-18/h4-13H,1-3H3/q+1/b20-12+. The number of anilines is 2. The molecule has 0 saturated carbocycles. The van der Waals surface area contributed by atoms with Crippen LogP contribution in [0, 0.1) is 6.92 Å². The van der Waals surface area contributed by atoms with Gasteiger partial charge in [-0.05, 0) is 19.1 Å². The molecule has 0 aliphatic heterocycles. The van der Waals surface area contributed by atoms with E-state index in [1.807, 2.05) is 52.5 Å². The van der Waals surface area contributed by atoms with Crippen molar-refractivity contribution in [1.29, 1.82) is 0 Å². The van der Waals surface area contributed by atoms with E-state index in [0.717, 1.165) is 34.2 Å². The van der Waals surface area contributed by atoms with Gasteiger partial charge in [-0.15, -0.1) is 4.98 Å². The van der Waals surface area contributed by atoms with Crippen LogP contribution in [0.2, 0.25) is 0 Å². The molecule has 0 aliphatic carbocycles. The lowest BCUT2D eigenvalue weighted by Crippen LogP contribution is -2.26. The number of aryl methyl sites for hydroxylation is 2. The fourth-order valence-electron chi connectivity index (χ4n) is 3.00. The van der Waals surface area contributed by atoms with Gasteiger partial charge >= 0.3 is 5.65 Å². The monoisotopic (exact) mass is 359 g/mol. The van der Waals surface area contributed by atoms with E-state index in [9.17, 15) is 0 Å². The van der Waals surface area contributed by atoms with Crippen LogP contribution in [0.3, 0.4) is 0 Å². The molecule has 0 radical (unpaired) electrons. The Kier molecular flexibility index (Phi) is 4.29. The number of hydrogen-bond donors (Lipinski definition) is 0. The van der Waals surface area contributed by atoms with Crippen LogP contribution in [0.4, 0.5) is 11.5 Å². The van der Waals surface area contributed by atoms with Gasteiger partial charge in [0.15, 0.2) is 12.1 Å². The van der Waals surface area contributed by atoms with Crippen LogP contribution in [0.15, 0.2) is 60.4 Å². The minimum atomic E-state index is 0.739. The molecule has 0 bridgehead atoms. The first kappa shape index (κ1) is 16.8. The van der Waals surface area contributed by atoms with Crippen molar-refractivity contribution in [3.05, 3.63) is 61.1 Å². The summed E-state index contributed by atoms with van der Waals surface area (Å²) >= 11 is 0. The molecule has 27 heavy (non-hydrogen) atoms. The zero-order valence-corrected chi connectivity index (χ0v) is 15.4. The molecule has 8 heteroatoms. The van der Waals surface area contributed by atoms with E-state index in [4.69, 9.17) is 0 Å². The Morgan fingerprint density at radius 2 is 1.85 bits per heavy atom. The quantitative estimate of drug-likeness (QED) is 0.317. The first-order valence-electron chi connectivity index (χ1n) is 8.46. The number of hydrogen-bond acceptors (Lipinski definition) is 5. The zero-order valence-electron chi connectivity index (χ0n) is 15.4. The Bertz CT molecular complexity index is 1130. The normalized spacial score (nSPS) is 11.4. The molecular weight excluding hydrogens is 340 g/mol. The Hall–Kier alpha value is -3.68. The zero-order chi connectivity index (χ0) is 18.8. The Labute approximate surface area is 156 Å². The van der Waals surface area contributed by atoms with Gasteiger partial charge in [-0.25, -0.2) is 19.1 Å². The molecule has 0 spiro atoms. The third kappa shape index (κ3) is 3.01. The maximum Gasteiger partial charge on any atom is 0.322 e. The van der Waals surface area contributed by atoms with Gasteiger partial charge in [0.25, 0.3) is 5.65 Å². The molecule has 0 aliphatic rings. The molecule has 3 aromatic heterocycles.